The van der Waals surface area contributed by atoms with Crippen LogP contribution in [-0.4, -0.2) is 33.4 Å². The fourth-order valence-corrected chi connectivity index (χ4v) is 4.78. The van der Waals surface area contributed by atoms with Crippen LogP contribution in [-0.2, 0) is 4.79 Å². The number of aromatic nitrogens is 1. The first kappa shape index (κ1) is 25.0. The van der Waals surface area contributed by atoms with Crippen LogP contribution < -0.4 is 34.7 Å². The van der Waals surface area contributed by atoms with Gasteiger partial charge in [0.1, 0.15) is 10.6 Å². The Morgan fingerprint density at radius 1 is 1.31 bits per heavy atom. The quantitative estimate of drug-likeness (QED) is 0.476. The molecule has 2 heterocycles. The van der Waals surface area contributed by atoms with Crippen molar-refractivity contribution in [1.82, 2.24) is 4.98 Å². The molecule has 1 saturated carbocycles. The van der Waals surface area contributed by atoms with Crippen LogP contribution in [0.3, 0.4) is 0 Å². The molecule has 0 radical (unpaired) electrons. The van der Waals surface area contributed by atoms with Crippen LogP contribution in [0.25, 0.3) is 27.4 Å². The van der Waals surface area contributed by atoms with E-state index < -0.39 is 24.6 Å². The van der Waals surface area contributed by atoms with Crippen molar-refractivity contribution in [3.8, 4) is 11.1 Å². The largest absolute Gasteiger partial charge is 1.00 e. The molecule has 8 heteroatoms. The Morgan fingerprint density at radius 2 is 2.00 bits per heavy atom. The van der Waals surface area contributed by atoms with Crippen LogP contribution in [0, 0.1) is 12.7 Å². The smallest absolute Gasteiger partial charge is 0.550 e. The van der Waals surface area contributed by atoms with Crippen molar-refractivity contribution >= 4 is 33.6 Å². The number of aryl methyl sites for hydroxylation is 1. The number of nitrogens with zero attached hydrogens (tertiary/aromatic N) is 1. The van der Waals surface area contributed by atoms with Crippen LogP contribution in [0.4, 0.5) is 4.39 Å². The SMILES string of the molecule is Cc1csc2nc(C3CC3)c(/C=C/[C@@H](O)C[C@@H](O)CC(=O)[O-])c(-c3ccc(F)cc3)c12.[Na+]. The van der Waals surface area contributed by atoms with Gasteiger partial charge in [-0.2, -0.15) is 0 Å². The van der Waals surface area contributed by atoms with Gasteiger partial charge in [0, 0.05) is 41.2 Å². The number of carboxylic acid groups (broad SMARTS) is 1. The molecule has 1 fully saturated rings. The zero-order valence-corrected chi connectivity index (χ0v) is 20.9. The number of aliphatic hydroxyl groups is 2. The first-order chi connectivity index (χ1) is 14.8. The Kier molecular flexibility index (Phi) is 8.25. The van der Waals surface area contributed by atoms with E-state index >= 15 is 0 Å². The standard InChI is InChI=1S/C24H24FNO4S.Na/c1-13-12-31-24-21(13)22(14-4-6-16(25)7-5-14)19(23(26-24)15-2-3-15)9-8-17(27)10-18(28)11-20(29)30;/h4-9,12,15,17-18,27-28H,2-3,10-11H2,1H3,(H,29,30);/q;+1/p-1/b9-8+;/t17-,18-;/m1./s1. The number of aliphatic hydroxyl groups excluding tert-OH is 2. The maximum absolute atomic E-state index is 13.6. The van der Waals surface area contributed by atoms with E-state index in [-0.39, 0.29) is 41.8 Å². The first-order valence-electron chi connectivity index (χ1n) is 10.2. The van der Waals surface area contributed by atoms with Crippen molar-refractivity contribution < 1.29 is 54.1 Å². The molecule has 162 valence electrons. The second-order valence-corrected chi connectivity index (χ2v) is 8.92. The summed E-state index contributed by atoms with van der Waals surface area (Å²) in [5.41, 5.74) is 4.71. The number of benzene rings is 1. The first-order valence-corrected chi connectivity index (χ1v) is 11.1. The van der Waals surface area contributed by atoms with E-state index in [1.54, 1.807) is 35.6 Å². The Hall–Kier alpha value is -1.61. The molecule has 0 saturated heterocycles. The molecule has 2 N–H and O–H groups in total. The summed E-state index contributed by atoms with van der Waals surface area (Å²) in [7, 11) is 0. The van der Waals surface area contributed by atoms with Crippen molar-refractivity contribution in [2.45, 2.75) is 50.7 Å². The number of pyridine rings is 1. The molecule has 0 amide bonds. The van der Waals surface area contributed by atoms with E-state index in [9.17, 15) is 24.5 Å². The summed E-state index contributed by atoms with van der Waals surface area (Å²) in [5, 5.41) is 33.8. The van der Waals surface area contributed by atoms with Crippen molar-refractivity contribution in [3.05, 3.63) is 58.4 Å². The van der Waals surface area contributed by atoms with Gasteiger partial charge in [-0.3, -0.25) is 0 Å². The minimum Gasteiger partial charge on any atom is -0.550 e. The molecule has 0 unspecified atom stereocenters. The monoisotopic (exact) mass is 463 g/mol. The van der Waals surface area contributed by atoms with Crippen molar-refractivity contribution in [3.63, 3.8) is 0 Å². The van der Waals surface area contributed by atoms with Crippen LogP contribution in [0.2, 0.25) is 0 Å². The normalized spacial score (nSPS) is 15.6. The van der Waals surface area contributed by atoms with Gasteiger partial charge >= 0.3 is 29.6 Å². The molecule has 5 nitrogen and oxygen atoms in total. The summed E-state index contributed by atoms with van der Waals surface area (Å²) in [5.74, 6) is -1.33. The number of hydrogen-bond acceptors (Lipinski definition) is 6. The molecule has 2 aromatic heterocycles. The Balaban J connectivity index is 0.00000289. The van der Waals surface area contributed by atoms with Gasteiger partial charge in [-0.15, -0.1) is 11.3 Å². The van der Waals surface area contributed by atoms with Gasteiger partial charge in [-0.05, 0) is 48.4 Å². The topological polar surface area (TPSA) is 93.5 Å². The predicted molar refractivity (Wildman–Crippen MR) is 117 cm³/mol. The van der Waals surface area contributed by atoms with Gasteiger partial charge in [0.2, 0.25) is 0 Å². The summed E-state index contributed by atoms with van der Waals surface area (Å²) in [6.45, 7) is 2.02. The van der Waals surface area contributed by atoms with E-state index in [0.29, 0.717) is 5.92 Å². The van der Waals surface area contributed by atoms with Crippen LogP contribution in [0.15, 0.2) is 35.7 Å². The zero-order chi connectivity index (χ0) is 22.1. The number of carboxylic acids is 1. The maximum Gasteiger partial charge on any atom is 1.00 e. The molecule has 0 spiro atoms. The fourth-order valence-electron chi connectivity index (χ4n) is 3.84. The molecular weight excluding hydrogens is 440 g/mol. The van der Waals surface area contributed by atoms with Gasteiger partial charge in [0.15, 0.2) is 0 Å². The van der Waals surface area contributed by atoms with Gasteiger partial charge in [-0.25, -0.2) is 9.37 Å². The number of thiophene rings is 1. The molecule has 1 aromatic carbocycles. The average Bonchev–Trinajstić information content (AvgIpc) is 3.49. The van der Waals surface area contributed by atoms with Crippen molar-refractivity contribution in [2.24, 2.45) is 0 Å². The number of fused-ring (bicyclic) bond motifs is 1. The molecule has 1 aliphatic rings. The molecule has 3 aromatic rings. The molecular formula is C24H23FNNaO4S. The number of hydrogen-bond donors (Lipinski definition) is 2. The maximum atomic E-state index is 13.6. The van der Waals surface area contributed by atoms with Gasteiger partial charge in [-0.1, -0.05) is 24.3 Å². The van der Waals surface area contributed by atoms with Gasteiger partial charge in [0.25, 0.3) is 0 Å². The summed E-state index contributed by atoms with van der Waals surface area (Å²) in [6, 6.07) is 6.35. The van der Waals surface area contributed by atoms with Crippen molar-refractivity contribution in [2.75, 3.05) is 0 Å². The Morgan fingerprint density at radius 3 is 2.62 bits per heavy atom. The predicted octanol–water partition coefficient (Wildman–Crippen LogP) is 0.557. The fraction of sp³-hybridized carbons (Fsp3) is 0.333. The second-order valence-electron chi connectivity index (χ2n) is 8.06. The van der Waals surface area contributed by atoms with E-state index in [1.807, 2.05) is 6.92 Å². The third-order valence-electron chi connectivity index (χ3n) is 5.47. The van der Waals surface area contributed by atoms with Gasteiger partial charge < -0.3 is 20.1 Å². The Labute approximate surface area is 211 Å². The third kappa shape index (κ3) is 5.65. The molecule has 0 bridgehead atoms. The minimum atomic E-state index is -1.36. The molecule has 4 rings (SSSR count). The van der Waals surface area contributed by atoms with Crippen molar-refractivity contribution in [1.29, 1.82) is 0 Å². The minimum absolute atomic E-state index is 0. The van der Waals surface area contributed by atoms with Crippen LogP contribution >= 0.6 is 11.3 Å². The number of carbonyl (C=O) groups excluding carboxylic acids is 1. The number of carbonyl (C=O) groups is 1. The average molecular weight is 464 g/mol. The summed E-state index contributed by atoms with van der Waals surface area (Å²) in [6.07, 6.45) is 2.58. The molecule has 2 atom stereocenters. The zero-order valence-electron chi connectivity index (χ0n) is 18.0. The molecule has 1 aliphatic carbocycles. The van der Waals surface area contributed by atoms with Crippen LogP contribution in [0.1, 0.15) is 48.4 Å². The second kappa shape index (κ2) is 10.5. The third-order valence-corrected chi connectivity index (χ3v) is 6.46. The van der Waals surface area contributed by atoms with Crippen LogP contribution in [0.5, 0.6) is 0 Å². The van der Waals surface area contributed by atoms with E-state index in [2.05, 4.69) is 5.38 Å². The van der Waals surface area contributed by atoms with E-state index in [1.165, 1.54) is 12.1 Å². The molecule has 32 heavy (non-hydrogen) atoms. The van der Waals surface area contributed by atoms with E-state index in [0.717, 1.165) is 51.0 Å². The summed E-state index contributed by atoms with van der Waals surface area (Å²) < 4.78 is 13.6. The number of rotatable bonds is 8. The summed E-state index contributed by atoms with van der Waals surface area (Å²) >= 11 is 1.58. The molecule has 0 aliphatic heterocycles. The van der Waals surface area contributed by atoms with E-state index in [4.69, 9.17) is 4.98 Å². The number of aliphatic carboxylic acids is 1. The number of halogens is 1. The Bertz CT molecular complexity index is 1140. The summed E-state index contributed by atoms with van der Waals surface area (Å²) in [4.78, 5) is 16.5. The van der Waals surface area contributed by atoms with Gasteiger partial charge in [0.05, 0.1) is 17.9 Å².